The maximum absolute atomic E-state index is 12.5. The number of carbonyl (C=O) groups excluding carboxylic acids is 1. The highest BCUT2D eigenvalue weighted by molar-refractivity contribution is 6.00. The summed E-state index contributed by atoms with van der Waals surface area (Å²) < 4.78 is 5.98. The Morgan fingerprint density at radius 3 is 3.05 bits per heavy atom. The second kappa shape index (κ2) is 5.08. The van der Waals surface area contributed by atoms with E-state index in [0.29, 0.717) is 11.7 Å². The van der Waals surface area contributed by atoms with E-state index >= 15 is 0 Å². The highest BCUT2D eigenvalue weighted by Crippen LogP contribution is 2.40. The molecular formula is C18H22O2. The van der Waals surface area contributed by atoms with Gasteiger partial charge in [0.1, 0.15) is 5.60 Å². The van der Waals surface area contributed by atoms with Gasteiger partial charge in [0, 0.05) is 0 Å². The van der Waals surface area contributed by atoms with Gasteiger partial charge in [-0.25, -0.2) is 0 Å². The Kier molecular flexibility index (Phi) is 3.41. The summed E-state index contributed by atoms with van der Waals surface area (Å²) in [5.74, 6) is 0.892. The van der Waals surface area contributed by atoms with Crippen molar-refractivity contribution in [3.63, 3.8) is 0 Å². The van der Waals surface area contributed by atoms with E-state index in [0.717, 1.165) is 12.8 Å². The molecule has 0 saturated carbocycles. The van der Waals surface area contributed by atoms with Crippen molar-refractivity contribution in [1.82, 2.24) is 0 Å². The third-order valence-corrected chi connectivity index (χ3v) is 4.62. The van der Waals surface area contributed by atoms with Crippen LogP contribution in [0.15, 0.2) is 47.8 Å². The Morgan fingerprint density at radius 2 is 2.30 bits per heavy atom. The van der Waals surface area contributed by atoms with E-state index in [1.165, 1.54) is 18.4 Å². The molecule has 1 heterocycles. The maximum Gasteiger partial charge on any atom is 0.208 e. The summed E-state index contributed by atoms with van der Waals surface area (Å²) in [4.78, 5) is 12.5. The zero-order valence-corrected chi connectivity index (χ0v) is 12.3. The minimum absolute atomic E-state index is 0.130. The molecule has 0 bridgehead atoms. The van der Waals surface area contributed by atoms with E-state index in [1.807, 2.05) is 37.3 Å². The topological polar surface area (TPSA) is 26.3 Å². The van der Waals surface area contributed by atoms with Crippen LogP contribution in [0.25, 0.3) is 0 Å². The average Bonchev–Trinajstić information content (AvgIpc) is 2.71. The van der Waals surface area contributed by atoms with Gasteiger partial charge in [-0.1, -0.05) is 36.8 Å². The lowest BCUT2D eigenvalue weighted by Gasteiger charge is -2.25. The molecule has 20 heavy (non-hydrogen) atoms. The molecule has 2 heteroatoms. The normalized spacial score (nSPS) is 37.8. The number of ether oxygens (including phenoxy) is 1. The van der Waals surface area contributed by atoms with Crippen LogP contribution in [0.2, 0.25) is 0 Å². The van der Waals surface area contributed by atoms with Crippen LogP contribution in [-0.4, -0.2) is 11.4 Å². The third kappa shape index (κ3) is 2.28. The van der Waals surface area contributed by atoms with Crippen molar-refractivity contribution in [2.75, 3.05) is 0 Å². The van der Waals surface area contributed by atoms with Crippen LogP contribution >= 0.6 is 0 Å². The molecule has 3 rings (SSSR count). The lowest BCUT2D eigenvalue weighted by Crippen LogP contribution is -2.31. The van der Waals surface area contributed by atoms with E-state index in [4.69, 9.17) is 4.74 Å². The van der Waals surface area contributed by atoms with Crippen molar-refractivity contribution in [3.8, 4) is 0 Å². The molecule has 0 spiro atoms. The fraction of sp³-hybridized carbons (Fsp3) is 0.500. The summed E-state index contributed by atoms with van der Waals surface area (Å²) in [6, 6.07) is 0. The molecule has 0 N–H and O–H groups in total. The lowest BCUT2D eigenvalue weighted by molar-refractivity contribution is -0.117. The lowest BCUT2D eigenvalue weighted by atomic mass is 9.84. The Bertz CT molecular complexity index is 536. The molecule has 2 aliphatic carbocycles. The van der Waals surface area contributed by atoms with Crippen LogP contribution in [0.5, 0.6) is 0 Å². The first-order valence-electron chi connectivity index (χ1n) is 7.63. The number of rotatable bonds is 2. The Hall–Kier alpha value is -1.57. The van der Waals surface area contributed by atoms with E-state index in [1.54, 1.807) is 0 Å². The van der Waals surface area contributed by atoms with Crippen molar-refractivity contribution in [1.29, 1.82) is 0 Å². The van der Waals surface area contributed by atoms with Crippen molar-refractivity contribution in [3.05, 3.63) is 47.8 Å². The first kappa shape index (κ1) is 13.4. The first-order chi connectivity index (χ1) is 9.62. The molecule has 3 aliphatic rings. The van der Waals surface area contributed by atoms with Crippen LogP contribution in [0, 0.1) is 11.8 Å². The molecule has 0 radical (unpaired) electrons. The van der Waals surface area contributed by atoms with Crippen LogP contribution in [-0.2, 0) is 9.53 Å². The van der Waals surface area contributed by atoms with Crippen LogP contribution in [0.1, 0.15) is 39.5 Å². The molecule has 1 saturated heterocycles. The van der Waals surface area contributed by atoms with Gasteiger partial charge < -0.3 is 4.74 Å². The standard InChI is InChI=1S/C18H22O2/c1-3-13-7-6-8-14(11-13)12-16-17(19)15-9-4-5-10-18(15,2)20-16/h4-5,9-12,14-15H,3,6-8H2,1-2H3. The molecule has 0 aromatic rings. The van der Waals surface area contributed by atoms with Crippen LogP contribution < -0.4 is 0 Å². The number of hydrogen-bond acceptors (Lipinski definition) is 2. The van der Waals surface area contributed by atoms with Crippen molar-refractivity contribution >= 4 is 5.78 Å². The van der Waals surface area contributed by atoms with Crippen LogP contribution in [0.3, 0.4) is 0 Å². The zero-order chi connectivity index (χ0) is 14.2. The number of carbonyl (C=O) groups is 1. The summed E-state index contributed by atoms with van der Waals surface area (Å²) >= 11 is 0. The molecule has 0 aromatic heterocycles. The molecular weight excluding hydrogens is 248 g/mol. The van der Waals surface area contributed by atoms with Gasteiger partial charge in [-0.15, -0.1) is 0 Å². The predicted molar refractivity (Wildman–Crippen MR) is 80.1 cm³/mol. The monoisotopic (exact) mass is 270 g/mol. The number of fused-ring (bicyclic) bond motifs is 1. The predicted octanol–water partition coefficient (Wildman–Crippen LogP) is 4.11. The van der Waals surface area contributed by atoms with Crippen molar-refractivity contribution < 1.29 is 9.53 Å². The molecule has 3 atom stereocenters. The van der Waals surface area contributed by atoms with Gasteiger partial charge in [-0.2, -0.15) is 0 Å². The molecule has 0 amide bonds. The first-order valence-corrected chi connectivity index (χ1v) is 7.63. The van der Waals surface area contributed by atoms with E-state index < -0.39 is 5.60 Å². The summed E-state index contributed by atoms with van der Waals surface area (Å²) in [5.41, 5.74) is 1.02. The molecule has 1 fully saturated rings. The zero-order valence-electron chi connectivity index (χ0n) is 12.3. The SMILES string of the molecule is CCC1=CC(C=C2OC3(C)C=CC=CC3C2=O)CCC1. The van der Waals surface area contributed by atoms with Gasteiger partial charge in [0.05, 0.1) is 5.92 Å². The van der Waals surface area contributed by atoms with Gasteiger partial charge in [-0.3, -0.25) is 4.79 Å². The van der Waals surface area contributed by atoms with Crippen molar-refractivity contribution in [2.45, 2.75) is 45.1 Å². The molecule has 1 aliphatic heterocycles. The quantitative estimate of drug-likeness (QED) is 0.557. The van der Waals surface area contributed by atoms with Gasteiger partial charge >= 0.3 is 0 Å². The number of hydrogen-bond donors (Lipinski definition) is 0. The minimum Gasteiger partial charge on any atom is -0.479 e. The largest absolute Gasteiger partial charge is 0.479 e. The van der Waals surface area contributed by atoms with Gasteiger partial charge in [-0.05, 0) is 50.7 Å². The van der Waals surface area contributed by atoms with E-state index in [2.05, 4.69) is 13.0 Å². The van der Waals surface area contributed by atoms with Gasteiger partial charge in [0.2, 0.25) is 5.78 Å². The minimum atomic E-state index is -0.483. The Labute approximate surface area is 120 Å². The fourth-order valence-corrected chi connectivity index (χ4v) is 3.37. The molecule has 3 unspecified atom stereocenters. The third-order valence-electron chi connectivity index (χ3n) is 4.62. The van der Waals surface area contributed by atoms with Gasteiger partial charge in [0.15, 0.2) is 5.76 Å². The fourth-order valence-electron chi connectivity index (χ4n) is 3.37. The number of allylic oxidation sites excluding steroid dienone is 6. The summed E-state index contributed by atoms with van der Waals surface area (Å²) in [5, 5.41) is 0. The Morgan fingerprint density at radius 1 is 1.45 bits per heavy atom. The summed E-state index contributed by atoms with van der Waals surface area (Å²) in [6.45, 7) is 4.19. The summed E-state index contributed by atoms with van der Waals surface area (Å²) in [6.07, 6.45) is 16.9. The van der Waals surface area contributed by atoms with Crippen LogP contribution in [0.4, 0.5) is 0 Å². The van der Waals surface area contributed by atoms with E-state index in [9.17, 15) is 4.79 Å². The van der Waals surface area contributed by atoms with Crippen molar-refractivity contribution in [2.24, 2.45) is 11.8 Å². The second-order valence-electron chi connectivity index (χ2n) is 6.14. The highest BCUT2D eigenvalue weighted by Gasteiger charge is 2.47. The molecule has 106 valence electrons. The second-order valence-corrected chi connectivity index (χ2v) is 6.14. The number of Topliss-reactive ketones (excluding diaryl/α,β-unsaturated/α-hetero) is 1. The highest BCUT2D eigenvalue weighted by atomic mass is 16.5. The van der Waals surface area contributed by atoms with Gasteiger partial charge in [0.25, 0.3) is 0 Å². The Balaban J connectivity index is 1.85. The average molecular weight is 270 g/mol. The number of ketones is 1. The molecule has 2 nitrogen and oxygen atoms in total. The summed E-state index contributed by atoms with van der Waals surface area (Å²) in [7, 11) is 0. The maximum atomic E-state index is 12.5. The molecule has 0 aromatic carbocycles. The smallest absolute Gasteiger partial charge is 0.208 e. The van der Waals surface area contributed by atoms with E-state index in [-0.39, 0.29) is 11.7 Å².